The summed E-state index contributed by atoms with van der Waals surface area (Å²) >= 11 is 13.7. The van der Waals surface area contributed by atoms with Gasteiger partial charge in [-0.1, -0.05) is 35.3 Å². The molecule has 0 aliphatic carbocycles. The van der Waals surface area contributed by atoms with E-state index in [1.165, 1.54) is 11.3 Å². The van der Waals surface area contributed by atoms with E-state index < -0.39 is 0 Å². The number of hydrogen-bond donors (Lipinski definition) is 1. The Hall–Kier alpha value is -1.75. The van der Waals surface area contributed by atoms with Crippen molar-refractivity contribution in [3.8, 4) is 17.0 Å². The maximum Gasteiger partial charge on any atom is 0.187 e. The van der Waals surface area contributed by atoms with Crippen LogP contribution in [0.25, 0.3) is 11.3 Å². The minimum atomic E-state index is 0.587. The molecule has 0 aliphatic heterocycles. The number of hydrogen-bond acceptors (Lipinski definition) is 4. The standard InChI is InChI=1S/C17H14Cl2N2OS/c1-2-22-16-6-4-3-5-14(16)20-17-21-15(10-23-17)12-8-7-11(18)9-13(12)19/h3-10H,2H2,1H3,(H,20,21). The second-order valence-corrected chi connectivity index (χ2v) is 6.42. The van der Waals surface area contributed by atoms with Crippen LogP contribution < -0.4 is 10.1 Å². The summed E-state index contributed by atoms with van der Waals surface area (Å²) in [5.41, 5.74) is 2.56. The molecule has 118 valence electrons. The average Bonchev–Trinajstić information content (AvgIpc) is 2.98. The van der Waals surface area contributed by atoms with Crippen molar-refractivity contribution in [1.82, 2.24) is 4.98 Å². The molecule has 0 aliphatic rings. The van der Waals surface area contributed by atoms with E-state index in [1.54, 1.807) is 12.1 Å². The van der Waals surface area contributed by atoms with Crippen molar-refractivity contribution in [2.75, 3.05) is 11.9 Å². The number of halogens is 2. The number of benzene rings is 2. The molecule has 0 amide bonds. The van der Waals surface area contributed by atoms with Crippen molar-refractivity contribution in [2.24, 2.45) is 0 Å². The molecule has 0 spiro atoms. The van der Waals surface area contributed by atoms with E-state index in [0.29, 0.717) is 16.7 Å². The minimum absolute atomic E-state index is 0.587. The first-order valence-electron chi connectivity index (χ1n) is 7.07. The Morgan fingerprint density at radius 1 is 1.17 bits per heavy atom. The molecule has 3 aromatic rings. The number of anilines is 2. The Bertz CT molecular complexity index is 820. The van der Waals surface area contributed by atoms with Crippen molar-refractivity contribution in [3.63, 3.8) is 0 Å². The van der Waals surface area contributed by atoms with Crippen LogP contribution in [0.1, 0.15) is 6.92 Å². The van der Waals surface area contributed by atoms with E-state index in [0.717, 1.165) is 27.8 Å². The zero-order valence-corrected chi connectivity index (χ0v) is 14.7. The lowest BCUT2D eigenvalue weighted by Crippen LogP contribution is -1.97. The predicted octanol–water partition coefficient (Wildman–Crippen LogP) is 6.26. The van der Waals surface area contributed by atoms with Crippen LogP contribution in [0.5, 0.6) is 5.75 Å². The van der Waals surface area contributed by atoms with Crippen molar-refractivity contribution < 1.29 is 4.74 Å². The van der Waals surface area contributed by atoms with Gasteiger partial charge in [-0.2, -0.15) is 0 Å². The molecule has 1 aromatic heterocycles. The summed E-state index contributed by atoms with van der Waals surface area (Å²) in [6, 6.07) is 13.2. The van der Waals surface area contributed by atoms with E-state index in [-0.39, 0.29) is 0 Å². The summed E-state index contributed by atoms with van der Waals surface area (Å²) in [6.07, 6.45) is 0. The highest BCUT2D eigenvalue weighted by Crippen LogP contribution is 2.34. The molecular weight excluding hydrogens is 351 g/mol. The third kappa shape index (κ3) is 3.78. The van der Waals surface area contributed by atoms with Gasteiger partial charge in [0.1, 0.15) is 5.75 Å². The summed E-state index contributed by atoms with van der Waals surface area (Å²) in [4.78, 5) is 4.59. The van der Waals surface area contributed by atoms with Gasteiger partial charge in [0.15, 0.2) is 5.13 Å². The Morgan fingerprint density at radius 3 is 2.78 bits per heavy atom. The summed E-state index contributed by atoms with van der Waals surface area (Å²) in [5.74, 6) is 0.802. The van der Waals surface area contributed by atoms with Gasteiger partial charge >= 0.3 is 0 Å². The third-order valence-corrected chi connectivity index (χ3v) is 4.45. The normalized spacial score (nSPS) is 10.6. The van der Waals surface area contributed by atoms with E-state index in [2.05, 4.69) is 10.3 Å². The van der Waals surface area contributed by atoms with E-state index >= 15 is 0 Å². The zero-order chi connectivity index (χ0) is 16.2. The minimum Gasteiger partial charge on any atom is -0.492 e. The number of ether oxygens (including phenoxy) is 1. The molecule has 1 N–H and O–H groups in total. The lowest BCUT2D eigenvalue weighted by Gasteiger charge is -2.10. The third-order valence-electron chi connectivity index (χ3n) is 3.14. The Labute approximate surface area is 148 Å². The molecule has 23 heavy (non-hydrogen) atoms. The van der Waals surface area contributed by atoms with Crippen LogP contribution in [0.4, 0.5) is 10.8 Å². The SMILES string of the molecule is CCOc1ccccc1Nc1nc(-c2ccc(Cl)cc2Cl)cs1. The molecule has 0 saturated heterocycles. The molecular formula is C17H14Cl2N2OS. The van der Waals surface area contributed by atoms with Crippen molar-refractivity contribution in [2.45, 2.75) is 6.92 Å². The Balaban J connectivity index is 1.85. The van der Waals surface area contributed by atoms with Gasteiger partial charge in [0, 0.05) is 16.0 Å². The monoisotopic (exact) mass is 364 g/mol. The first-order chi connectivity index (χ1) is 11.2. The number of rotatable bonds is 5. The van der Waals surface area contributed by atoms with Gasteiger partial charge in [0.05, 0.1) is 23.0 Å². The number of nitrogens with one attached hydrogen (secondary N) is 1. The maximum absolute atomic E-state index is 6.24. The van der Waals surface area contributed by atoms with Crippen LogP contribution >= 0.6 is 34.5 Å². The van der Waals surface area contributed by atoms with Gasteiger partial charge in [-0.3, -0.25) is 0 Å². The molecule has 0 atom stereocenters. The van der Waals surface area contributed by atoms with Crippen molar-refractivity contribution in [1.29, 1.82) is 0 Å². The van der Waals surface area contributed by atoms with Gasteiger partial charge in [-0.05, 0) is 37.3 Å². The predicted molar refractivity (Wildman–Crippen MR) is 98.5 cm³/mol. The molecule has 0 bridgehead atoms. The highest BCUT2D eigenvalue weighted by molar-refractivity contribution is 7.14. The van der Waals surface area contributed by atoms with Gasteiger partial charge in [0.25, 0.3) is 0 Å². The van der Waals surface area contributed by atoms with Crippen LogP contribution in [0, 0.1) is 0 Å². The van der Waals surface area contributed by atoms with Gasteiger partial charge < -0.3 is 10.1 Å². The number of aromatic nitrogens is 1. The van der Waals surface area contributed by atoms with Crippen LogP contribution in [-0.4, -0.2) is 11.6 Å². The quantitative estimate of drug-likeness (QED) is 0.579. The molecule has 2 aromatic carbocycles. The molecule has 3 nitrogen and oxygen atoms in total. The Morgan fingerprint density at radius 2 is 2.00 bits per heavy atom. The van der Waals surface area contributed by atoms with Crippen LogP contribution in [0.15, 0.2) is 47.8 Å². The second-order valence-electron chi connectivity index (χ2n) is 4.72. The van der Waals surface area contributed by atoms with E-state index in [1.807, 2.05) is 42.6 Å². The summed E-state index contributed by atoms with van der Waals surface area (Å²) in [6.45, 7) is 2.57. The highest BCUT2D eigenvalue weighted by Gasteiger charge is 2.10. The fraction of sp³-hybridized carbons (Fsp3) is 0.118. The molecule has 1 heterocycles. The van der Waals surface area contributed by atoms with Crippen LogP contribution in [-0.2, 0) is 0 Å². The Kier molecular flexibility index (Phi) is 5.06. The highest BCUT2D eigenvalue weighted by atomic mass is 35.5. The summed E-state index contributed by atoms with van der Waals surface area (Å²) < 4.78 is 5.61. The van der Waals surface area contributed by atoms with Crippen molar-refractivity contribution in [3.05, 3.63) is 57.9 Å². The first-order valence-corrected chi connectivity index (χ1v) is 8.70. The van der Waals surface area contributed by atoms with E-state index in [4.69, 9.17) is 27.9 Å². The van der Waals surface area contributed by atoms with Crippen LogP contribution in [0.3, 0.4) is 0 Å². The lowest BCUT2D eigenvalue weighted by atomic mass is 10.2. The molecule has 0 saturated carbocycles. The number of nitrogens with zero attached hydrogens (tertiary/aromatic N) is 1. The first kappa shape index (κ1) is 16.1. The van der Waals surface area contributed by atoms with Crippen LogP contribution in [0.2, 0.25) is 10.0 Å². The van der Waals surface area contributed by atoms with Gasteiger partial charge in [-0.15, -0.1) is 11.3 Å². The molecule has 0 unspecified atom stereocenters. The molecule has 0 radical (unpaired) electrons. The fourth-order valence-corrected chi connectivity index (χ4v) is 3.35. The lowest BCUT2D eigenvalue weighted by molar-refractivity contribution is 0.342. The van der Waals surface area contributed by atoms with Gasteiger partial charge in [0.2, 0.25) is 0 Å². The van der Waals surface area contributed by atoms with Crippen molar-refractivity contribution >= 4 is 45.4 Å². The van der Waals surface area contributed by atoms with E-state index in [9.17, 15) is 0 Å². The summed E-state index contributed by atoms with van der Waals surface area (Å²) in [7, 11) is 0. The topological polar surface area (TPSA) is 34.1 Å². The largest absolute Gasteiger partial charge is 0.492 e. The van der Waals surface area contributed by atoms with Gasteiger partial charge in [-0.25, -0.2) is 4.98 Å². The smallest absolute Gasteiger partial charge is 0.187 e. The fourth-order valence-electron chi connectivity index (χ4n) is 2.12. The zero-order valence-electron chi connectivity index (χ0n) is 12.3. The summed E-state index contributed by atoms with van der Waals surface area (Å²) in [5, 5.41) is 7.22. The number of thiazole rings is 1. The number of para-hydroxylation sites is 2. The maximum atomic E-state index is 6.24. The molecule has 6 heteroatoms. The molecule has 0 fully saturated rings. The molecule has 3 rings (SSSR count). The average molecular weight is 365 g/mol. The second kappa shape index (κ2) is 7.21.